The molecule has 2 saturated heterocycles. The summed E-state index contributed by atoms with van der Waals surface area (Å²) in [6.07, 6.45) is 3.31. The van der Waals surface area contributed by atoms with Crippen LogP contribution in [0.2, 0.25) is 0 Å². The molecule has 2 fully saturated rings. The molecule has 1 amide bonds. The molecule has 3 rings (SSSR count). The van der Waals surface area contributed by atoms with Gasteiger partial charge in [-0.2, -0.15) is 0 Å². The third-order valence-corrected chi connectivity index (χ3v) is 4.64. The van der Waals surface area contributed by atoms with Crippen LogP contribution in [-0.4, -0.2) is 38.6 Å². The SMILES string of the molecule is Cl.Cl.O=C(NCC1CCN(c2ccccc2)C1)C1CCCNC1. The first-order valence-electron chi connectivity index (χ1n) is 8.11. The molecule has 1 aromatic carbocycles. The Balaban J connectivity index is 0.00000132. The maximum atomic E-state index is 12.1. The number of carbonyl (C=O) groups excluding carboxylic acids is 1. The number of para-hydroxylation sites is 1. The highest BCUT2D eigenvalue weighted by atomic mass is 35.5. The van der Waals surface area contributed by atoms with Crippen LogP contribution in [0.1, 0.15) is 19.3 Å². The lowest BCUT2D eigenvalue weighted by Crippen LogP contribution is -2.42. The third kappa shape index (κ3) is 5.55. The Hall–Kier alpha value is -0.970. The van der Waals surface area contributed by atoms with Gasteiger partial charge in [0, 0.05) is 31.9 Å². The highest BCUT2D eigenvalue weighted by molar-refractivity contribution is 5.85. The van der Waals surface area contributed by atoms with Gasteiger partial charge in [-0.1, -0.05) is 18.2 Å². The summed E-state index contributed by atoms with van der Waals surface area (Å²) in [5.74, 6) is 0.983. The van der Waals surface area contributed by atoms with E-state index in [1.54, 1.807) is 0 Å². The molecule has 0 aromatic heterocycles. The molecule has 2 atom stereocenters. The predicted octanol–water partition coefficient (Wildman–Crippen LogP) is 2.47. The molecule has 0 bridgehead atoms. The van der Waals surface area contributed by atoms with Gasteiger partial charge in [-0.15, -0.1) is 24.8 Å². The molecule has 0 aliphatic carbocycles. The lowest BCUT2D eigenvalue weighted by molar-refractivity contribution is -0.125. The molecule has 2 aliphatic heterocycles. The van der Waals surface area contributed by atoms with Crippen LogP contribution in [-0.2, 0) is 4.79 Å². The summed E-state index contributed by atoms with van der Waals surface area (Å²) in [5.41, 5.74) is 1.29. The second kappa shape index (κ2) is 10.0. The number of piperidine rings is 1. The minimum atomic E-state index is 0. The second-order valence-electron chi connectivity index (χ2n) is 6.22. The van der Waals surface area contributed by atoms with Crippen LogP contribution in [0.25, 0.3) is 0 Å². The Morgan fingerprint density at radius 2 is 2.00 bits per heavy atom. The van der Waals surface area contributed by atoms with Gasteiger partial charge in [-0.25, -0.2) is 0 Å². The first-order valence-corrected chi connectivity index (χ1v) is 8.11. The first kappa shape index (κ1) is 20.1. The summed E-state index contributed by atoms with van der Waals surface area (Å²) < 4.78 is 0. The molecular weight excluding hydrogens is 333 g/mol. The van der Waals surface area contributed by atoms with E-state index in [2.05, 4.69) is 45.9 Å². The molecule has 130 valence electrons. The zero-order valence-corrected chi connectivity index (χ0v) is 15.0. The van der Waals surface area contributed by atoms with Crippen molar-refractivity contribution in [1.29, 1.82) is 0 Å². The standard InChI is InChI=1S/C17H25N3O.2ClH/c21-17(15-5-4-9-18-12-15)19-11-14-8-10-20(13-14)16-6-2-1-3-7-16;;/h1-3,6-7,14-15,18H,4-5,8-13H2,(H,19,21);2*1H. The molecule has 0 radical (unpaired) electrons. The molecule has 6 heteroatoms. The van der Waals surface area contributed by atoms with Crippen molar-refractivity contribution >= 4 is 36.4 Å². The number of rotatable bonds is 4. The maximum Gasteiger partial charge on any atom is 0.224 e. The Kier molecular flexibility index (Phi) is 8.74. The molecular formula is C17H27Cl2N3O. The lowest BCUT2D eigenvalue weighted by Gasteiger charge is -2.23. The van der Waals surface area contributed by atoms with Gasteiger partial charge in [0.15, 0.2) is 0 Å². The molecule has 2 unspecified atom stereocenters. The smallest absolute Gasteiger partial charge is 0.224 e. The highest BCUT2D eigenvalue weighted by Gasteiger charge is 2.25. The normalized spacial score (nSPS) is 23.6. The molecule has 1 aromatic rings. The second-order valence-corrected chi connectivity index (χ2v) is 6.22. The zero-order chi connectivity index (χ0) is 14.5. The summed E-state index contributed by atoms with van der Waals surface area (Å²) >= 11 is 0. The third-order valence-electron chi connectivity index (χ3n) is 4.64. The van der Waals surface area contributed by atoms with E-state index in [1.807, 2.05) is 0 Å². The molecule has 2 heterocycles. The molecule has 23 heavy (non-hydrogen) atoms. The minimum Gasteiger partial charge on any atom is -0.371 e. The van der Waals surface area contributed by atoms with E-state index in [0.29, 0.717) is 5.92 Å². The largest absolute Gasteiger partial charge is 0.371 e. The topological polar surface area (TPSA) is 44.4 Å². The molecule has 2 N–H and O–H groups in total. The van der Waals surface area contributed by atoms with Crippen molar-refractivity contribution in [2.45, 2.75) is 19.3 Å². The van der Waals surface area contributed by atoms with E-state index in [0.717, 1.165) is 52.0 Å². The van der Waals surface area contributed by atoms with Gasteiger partial charge >= 0.3 is 0 Å². The van der Waals surface area contributed by atoms with Gasteiger partial charge in [0.2, 0.25) is 5.91 Å². The van der Waals surface area contributed by atoms with Crippen LogP contribution in [0.15, 0.2) is 30.3 Å². The van der Waals surface area contributed by atoms with Gasteiger partial charge in [0.05, 0.1) is 5.92 Å². The Morgan fingerprint density at radius 1 is 1.22 bits per heavy atom. The van der Waals surface area contributed by atoms with Crippen LogP contribution in [0.3, 0.4) is 0 Å². The van der Waals surface area contributed by atoms with Gasteiger partial charge in [0.25, 0.3) is 0 Å². The molecule has 4 nitrogen and oxygen atoms in total. The average Bonchev–Trinajstić information content (AvgIpc) is 3.03. The molecule has 0 spiro atoms. The fourth-order valence-corrected chi connectivity index (χ4v) is 3.34. The Bertz CT molecular complexity index is 466. The van der Waals surface area contributed by atoms with E-state index < -0.39 is 0 Å². The monoisotopic (exact) mass is 359 g/mol. The minimum absolute atomic E-state index is 0. The van der Waals surface area contributed by atoms with Crippen molar-refractivity contribution in [2.24, 2.45) is 11.8 Å². The number of nitrogens with one attached hydrogen (secondary N) is 2. The van der Waals surface area contributed by atoms with Gasteiger partial charge in [-0.3, -0.25) is 4.79 Å². The molecule has 0 saturated carbocycles. The first-order chi connectivity index (χ1) is 10.3. The number of amides is 1. The van der Waals surface area contributed by atoms with Crippen molar-refractivity contribution < 1.29 is 4.79 Å². The zero-order valence-electron chi connectivity index (χ0n) is 13.4. The Labute approximate surface area is 151 Å². The van der Waals surface area contributed by atoms with Crippen molar-refractivity contribution in [2.75, 3.05) is 37.6 Å². The van der Waals surface area contributed by atoms with Gasteiger partial charge in [0.1, 0.15) is 0 Å². The van der Waals surface area contributed by atoms with E-state index in [1.165, 1.54) is 5.69 Å². The predicted molar refractivity (Wildman–Crippen MR) is 99.9 cm³/mol. The van der Waals surface area contributed by atoms with Crippen molar-refractivity contribution in [3.05, 3.63) is 30.3 Å². The summed E-state index contributed by atoms with van der Waals surface area (Å²) in [7, 11) is 0. The van der Waals surface area contributed by atoms with E-state index in [-0.39, 0.29) is 36.6 Å². The number of hydrogen-bond acceptors (Lipinski definition) is 3. The number of nitrogens with zero attached hydrogens (tertiary/aromatic N) is 1. The van der Waals surface area contributed by atoms with E-state index >= 15 is 0 Å². The van der Waals surface area contributed by atoms with Crippen molar-refractivity contribution in [1.82, 2.24) is 10.6 Å². The van der Waals surface area contributed by atoms with Crippen LogP contribution in [0, 0.1) is 11.8 Å². The number of anilines is 1. The van der Waals surface area contributed by atoms with Crippen molar-refractivity contribution in [3.8, 4) is 0 Å². The van der Waals surface area contributed by atoms with E-state index in [4.69, 9.17) is 0 Å². The average molecular weight is 360 g/mol. The van der Waals surface area contributed by atoms with Crippen molar-refractivity contribution in [3.63, 3.8) is 0 Å². The molecule has 2 aliphatic rings. The summed E-state index contributed by atoms with van der Waals surface area (Å²) in [6.45, 7) is 4.85. The fraction of sp³-hybridized carbons (Fsp3) is 0.588. The quantitative estimate of drug-likeness (QED) is 0.867. The van der Waals surface area contributed by atoms with Crippen LogP contribution < -0.4 is 15.5 Å². The highest BCUT2D eigenvalue weighted by Crippen LogP contribution is 2.23. The van der Waals surface area contributed by atoms with Gasteiger partial charge in [-0.05, 0) is 43.9 Å². The number of carbonyl (C=O) groups is 1. The summed E-state index contributed by atoms with van der Waals surface area (Å²) in [5, 5.41) is 6.46. The number of hydrogen-bond donors (Lipinski definition) is 2. The van der Waals surface area contributed by atoms with Crippen LogP contribution >= 0.6 is 24.8 Å². The van der Waals surface area contributed by atoms with Crippen LogP contribution in [0.5, 0.6) is 0 Å². The van der Waals surface area contributed by atoms with Crippen LogP contribution in [0.4, 0.5) is 5.69 Å². The van der Waals surface area contributed by atoms with E-state index in [9.17, 15) is 4.79 Å². The lowest BCUT2D eigenvalue weighted by atomic mass is 9.98. The summed E-state index contributed by atoms with van der Waals surface area (Å²) in [4.78, 5) is 14.6. The Morgan fingerprint density at radius 3 is 2.70 bits per heavy atom. The fourth-order valence-electron chi connectivity index (χ4n) is 3.34. The number of halogens is 2. The number of benzene rings is 1. The van der Waals surface area contributed by atoms with Gasteiger partial charge < -0.3 is 15.5 Å². The summed E-state index contributed by atoms with van der Waals surface area (Å²) in [6, 6.07) is 10.5. The maximum absolute atomic E-state index is 12.1.